The molecule has 0 aliphatic rings. The van der Waals surface area contributed by atoms with Crippen LogP contribution in [0, 0.1) is 0 Å². The normalized spacial score (nSPS) is 13.9. The summed E-state index contributed by atoms with van der Waals surface area (Å²) in [6.45, 7) is 5.33. The average Bonchev–Trinajstić information content (AvgIpc) is 2.56. The van der Waals surface area contributed by atoms with Crippen LogP contribution in [0.15, 0.2) is 18.5 Å². The Morgan fingerprint density at radius 1 is 1.43 bits per heavy atom. The topological polar surface area (TPSA) is 31.1 Å². The smallest absolute Gasteiger partial charge is 0.0481 e. The van der Waals surface area contributed by atoms with Crippen LogP contribution in [0.3, 0.4) is 0 Å². The first-order valence-corrected chi connectivity index (χ1v) is 5.13. The van der Waals surface area contributed by atoms with Crippen LogP contribution in [0.4, 0.5) is 0 Å². The summed E-state index contributed by atoms with van der Waals surface area (Å²) in [5.74, 6) is 0. The summed E-state index contributed by atoms with van der Waals surface area (Å²) in [4.78, 5) is 5.33. The Morgan fingerprint density at radius 3 is 2.57 bits per heavy atom. The third-order valence-electron chi connectivity index (χ3n) is 2.35. The molecule has 0 saturated heterocycles. The van der Waals surface area contributed by atoms with E-state index in [1.54, 1.807) is 0 Å². The first-order chi connectivity index (χ1) is 6.61. The second-order valence-electron chi connectivity index (χ2n) is 4.19. The fraction of sp³-hybridized carbons (Fsp3) is 0.636. The van der Waals surface area contributed by atoms with Gasteiger partial charge in [-0.3, -0.25) is 0 Å². The summed E-state index contributed by atoms with van der Waals surface area (Å²) in [7, 11) is 4.22. The van der Waals surface area contributed by atoms with E-state index < -0.39 is 0 Å². The highest BCUT2D eigenvalue weighted by molar-refractivity contribution is 5.14. The second-order valence-corrected chi connectivity index (χ2v) is 4.19. The van der Waals surface area contributed by atoms with Crippen LogP contribution >= 0.6 is 0 Å². The molecule has 0 bridgehead atoms. The molecule has 1 heterocycles. The van der Waals surface area contributed by atoms with Gasteiger partial charge in [0.05, 0.1) is 0 Å². The highest BCUT2D eigenvalue weighted by Crippen LogP contribution is 2.16. The number of nitrogens with one attached hydrogen (secondary N) is 2. The molecular weight excluding hydrogens is 174 g/mol. The van der Waals surface area contributed by atoms with E-state index in [9.17, 15) is 0 Å². The van der Waals surface area contributed by atoms with Crippen molar-refractivity contribution in [2.75, 3.05) is 20.6 Å². The molecule has 0 aromatic carbocycles. The van der Waals surface area contributed by atoms with E-state index >= 15 is 0 Å². The lowest BCUT2D eigenvalue weighted by molar-refractivity contribution is 0.283. The number of rotatable bonds is 5. The van der Waals surface area contributed by atoms with Crippen LogP contribution in [0.25, 0.3) is 0 Å². The Balaban J connectivity index is 2.57. The van der Waals surface area contributed by atoms with Gasteiger partial charge in [0.1, 0.15) is 0 Å². The molecule has 3 heteroatoms. The van der Waals surface area contributed by atoms with Crippen LogP contribution in [0.5, 0.6) is 0 Å². The van der Waals surface area contributed by atoms with Gasteiger partial charge in [-0.05, 0) is 25.7 Å². The van der Waals surface area contributed by atoms with Crippen LogP contribution in [0.2, 0.25) is 0 Å². The Kier molecular flexibility index (Phi) is 4.17. The van der Waals surface area contributed by atoms with Gasteiger partial charge in [-0.25, -0.2) is 0 Å². The zero-order valence-corrected chi connectivity index (χ0v) is 9.54. The van der Waals surface area contributed by atoms with Crippen molar-refractivity contribution in [2.24, 2.45) is 0 Å². The van der Waals surface area contributed by atoms with Gasteiger partial charge in [0, 0.05) is 31.0 Å². The first-order valence-electron chi connectivity index (χ1n) is 5.13. The van der Waals surface area contributed by atoms with Gasteiger partial charge in [0.25, 0.3) is 0 Å². The quantitative estimate of drug-likeness (QED) is 0.748. The molecule has 3 nitrogen and oxygen atoms in total. The summed E-state index contributed by atoms with van der Waals surface area (Å²) in [5.41, 5.74) is 1.34. The lowest BCUT2D eigenvalue weighted by atomic mass is 10.1. The Morgan fingerprint density at radius 2 is 2.14 bits per heavy atom. The standard InChI is InChI=1S/C11H21N3/c1-9(2)13-8-11(14(3)4)10-5-6-12-7-10/h5-7,9,11-13H,8H2,1-4H3. The summed E-state index contributed by atoms with van der Waals surface area (Å²) in [6.07, 6.45) is 4.04. The predicted molar refractivity (Wildman–Crippen MR) is 60.4 cm³/mol. The molecule has 14 heavy (non-hydrogen) atoms. The Bertz CT molecular complexity index is 239. The minimum Gasteiger partial charge on any atom is -0.367 e. The minimum absolute atomic E-state index is 0.448. The highest BCUT2D eigenvalue weighted by Gasteiger charge is 2.13. The zero-order valence-electron chi connectivity index (χ0n) is 9.54. The molecule has 0 fully saturated rings. The van der Waals surface area contributed by atoms with Crippen molar-refractivity contribution in [3.8, 4) is 0 Å². The average molecular weight is 195 g/mol. The molecule has 0 aliphatic heterocycles. The largest absolute Gasteiger partial charge is 0.367 e. The fourth-order valence-corrected chi connectivity index (χ4v) is 1.49. The summed E-state index contributed by atoms with van der Waals surface area (Å²) >= 11 is 0. The van der Waals surface area contributed by atoms with Crippen molar-refractivity contribution in [3.63, 3.8) is 0 Å². The Labute approximate surface area is 86.5 Å². The maximum Gasteiger partial charge on any atom is 0.0481 e. The van der Waals surface area contributed by atoms with Gasteiger partial charge in [-0.1, -0.05) is 13.8 Å². The van der Waals surface area contributed by atoms with Gasteiger partial charge < -0.3 is 15.2 Å². The van der Waals surface area contributed by atoms with Gasteiger partial charge in [0.15, 0.2) is 0 Å². The van der Waals surface area contributed by atoms with Gasteiger partial charge in [-0.2, -0.15) is 0 Å². The van der Waals surface area contributed by atoms with Crippen molar-refractivity contribution in [2.45, 2.75) is 25.9 Å². The number of likely N-dealkylation sites (N-methyl/N-ethyl adjacent to an activating group) is 1. The highest BCUT2D eigenvalue weighted by atomic mass is 15.1. The number of hydrogen-bond donors (Lipinski definition) is 2. The van der Waals surface area contributed by atoms with Crippen molar-refractivity contribution in [3.05, 3.63) is 24.0 Å². The van der Waals surface area contributed by atoms with E-state index in [1.165, 1.54) is 5.56 Å². The van der Waals surface area contributed by atoms with Gasteiger partial charge >= 0.3 is 0 Å². The van der Waals surface area contributed by atoms with Gasteiger partial charge in [-0.15, -0.1) is 0 Å². The molecule has 1 rings (SSSR count). The molecule has 0 spiro atoms. The molecule has 1 unspecified atom stereocenters. The van der Waals surface area contributed by atoms with Crippen molar-refractivity contribution in [1.82, 2.24) is 15.2 Å². The number of nitrogens with zero attached hydrogens (tertiary/aromatic N) is 1. The summed E-state index contributed by atoms with van der Waals surface area (Å²) in [6, 6.07) is 3.12. The molecule has 80 valence electrons. The fourth-order valence-electron chi connectivity index (χ4n) is 1.49. The van der Waals surface area contributed by atoms with Crippen LogP contribution < -0.4 is 5.32 Å². The van der Waals surface area contributed by atoms with Crippen molar-refractivity contribution >= 4 is 0 Å². The van der Waals surface area contributed by atoms with E-state index in [0.29, 0.717) is 12.1 Å². The first kappa shape index (κ1) is 11.3. The van der Waals surface area contributed by atoms with E-state index in [1.807, 2.05) is 6.20 Å². The Hall–Kier alpha value is -0.800. The van der Waals surface area contributed by atoms with E-state index in [4.69, 9.17) is 0 Å². The van der Waals surface area contributed by atoms with Crippen LogP contribution in [-0.4, -0.2) is 36.6 Å². The van der Waals surface area contributed by atoms with E-state index in [2.05, 4.69) is 55.4 Å². The molecular formula is C11H21N3. The molecule has 0 saturated carbocycles. The number of H-pyrrole nitrogens is 1. The molecule has 1 atom stereocenters. The number of aromatic nitrogens is 1. The monoisotopic (exact) mass is 195 g/mol. The lowest BCUT2D eigenvalue weighted by Gasteiger charge is -2.25. The molecule has 1 aromatic heterocycles. The van der Waals surface area contributed by atoms with E-state index in [-0.39, 0.29) is 0 Å². The maximum absolute atomic E-state index is 3.46. The predicted octanol–water partition coefficient (Wildman–Crippen LogP) is 1.62. The minimum atomic E-state index is 0.448. The van der Waals surface area contributed by atoms with E-state index in [0.717, 1.165) is 6.54 Å². The maximum atomic E-state index is 3.46. The van der Waals surface area contributed by atoms with Crippen LogP contribution in [-0.2, 0) is 0 Å². The summed E-state index contributed by atoms with van der Waals surface area (Å²) < 4.78 is 0. The zero-order chi connectivity index (χ0) is 10.6. The molecule has 0 radical (unpaired) electrons. The molecule has 0 aliphatic carbocycles. The molecule has 0 amide bonds. The molecule has 2 N–H and O–H groups in total. The van der Waals surface area contributed by atoms with Crippen molar-refractivity contribution < 1.29 is 0 Å². The second kappa shape index (κ2) is 5.17. The lowest BCUT2D eigenvalue weighted by Crippen LogP contribution is -2.34. The van der Waals surface area contributed by atoms with Gasteiger partial charge in [0.2, 0.25) is 0 Å². The third-order valence-corrected chi connectivity index (χ3v) is 2.35. The molecule has 1 aromatic rings. The van der Waals surface area contributed by atoms with Crippen molar-refractivity contribution in [1.29, 1.82) is 0 Å². The summed E-state index contributed by atoms with van der Waals surface area (Å²) in [5, 5.41) is 3.46. The number of hydrogen-bond acceptors (Lipinski definition) is 2. The number of aromatic amines is 1. The SMILES string of the molecule is CC(C)NCC(c1cc[nH]c1)N(C)C. The third kappa shape index (κ3) is 3.16. The van der Waals surface area contributed by atoms with Crippen LogP contribution in [0.1, 0.15) is 25.5 Å².